The summed E-state index contributed by atoms with van der Waals surface area (Å²) in [6, 6.07) is 0. The first-order chi connectivity index (χ1) is 11.0. The van der Waals surface area contributed by atoms with Gasteiger partial charge in [-0.2, -0.15) is 4.98 Å². The van der Waals surface area contributed by atoms with Crippen LogP contribution in [-0.4, -0.2) is 47.3 Å². The lowest BCUT2D eigenvalue weighted by Gasteiger charge is -2.37. The lowest BCUT2D eigenvalue weighted by Crippen LogP contribution is -2.38. The van der Waals surface area contributed by atoms with E-state index in [4.69, 9.17) is 4.74 Å². The van der Waals surface area contributed by atoms with Gasteiger partial charge in [0, 0.05) is 20.0 Å². The van der Waals surface area contributed by atoms with Crippen molar-refractivity contribution < 1.29 is 14.1 Å². The van der Waals surface area contributed by atoms with Crippen LogP contribution in [-0.2, 0) is 16.0 Å². The molecule has 1 aromatic heterocycles. The van der Waals surface area contributed by atoms with E-state index in [1.807, 2.05) is 0 Å². The predicted octanol–water partition coefficient (Wildman–Crippen LogP) is 2.55. The first-order valence-electron chi connectivity index (χ1n) is 8.58. The zero-order chi connectivity index (χ0) is 16.8. The summed E-state index contributed by atoms with van der Waals surface area (Å²) < 4.78 is 10.7. The van der Waals surface area contributed by atoms with E-state index in [0.717, 1.165) is 6.42 Å². The smallest absolute Gasteiger partial charge is 0.248 e. The molecule has 1 fully saturated rings. The average Bonchev–Trinajstić information content (AvgIpc) is 3.03. The number of likely N-dealkylation sites (N-methyl/N-ethyl adjacent to an activating group) is 1. The van der Waals surface area contributed by atoms with Crippen LogP contribution in [0.25, 0.3) is 0 Å². The van der Waals surface area contributed by atoms with Gasteiger partial charge in [0.2, 0.25) is 12.3 Å². The third kappa shape index (κ3) is 5.30. The highest BCUT2D eigenvalue weighted by Crippen LogP contribution is 2.35. The molecule has 3 atom stereocenters. The molecule has 1 saturated carbocycles. The van der Waals surface area contributed by atoms with Crippen LogP contribution in [0.3, 0.4) is 0 Å². The predicted molar refractivity (Wildman–Crippen MR) is 86.7 cm³/mol. The van der Waals surface area contributed by atoms with Crippen LogP contribution in [0.2, 0.25) is 0 Å². The van der Waals surface area contributed by atoms with Gasteiger partial charge in [0.1, 0.15) is 6.61 Å². The van der Waals surface area contributed by atoms with Gasteiger partial charge in [0.05, 0.1) is 6.10 Å². The third-order valence-corrected chi connectivity index (χ3v) is 4.89. The van der Waals surface area contributed by atoms with E-state index in [0.29, 0.717) is 36.5 Å². The molecule has 6 nitrogen and oxygen atoms in total. The molecule has 0 N–H and O–H groups in total. The van der Waals surface area contributed by atoms with E-state index in [1.54, 1.807) is 11.9 Å². The summed E-state index contributed by atoms with van der Waals surface area (Å²) in [5.41, 5.74) is 0. The largest absolute Gasteiger partial charge is 0.368 e. The standard InChI is InChI=1S/C17H29N3O3/c1-12(2)14-6-5-13(3)9-15(14)22-10-17(21)20(4)8-7-16-18-11-23-19-16/h11-15H,5-10H2,1-4H3. The minimum atomic E-state index is 0.00854. The third-order valence-electron chi connectivity index (χ3n) is 4.89. The van der Waals surface area contributed by atoms with Gasteiger partial charge >= 0.3 is 0 Å². The molecule has 1 amide bonds. The Morgan fingerprint density at radius 2 is 2.26 bits per heavy atom. The van der Waals surface area contributed by atoms with E-state index in [9.17, 15) is 4.79 Å². The molecule has 3 unspecified atom stereocenters. The van der Waals surface area contributed by atoms with Crippen LogP contribution >= 0.6 is 0 Å². The molecule has 2 rings (SSSR count). The second-order valence-electron chi connectivity index (χ2n) is 7.09. The van der Waals surface area contributed by atoms with Gasteiger partial charge in [-0.25, -0.2) is 0 Å². The van der Waals surface area contributed by atoms with Crippen molar-refractivity contribution in [2.75, 3.05) is 20.2 Å². The second kappa shape index (κ2) is 8.43. The van der Waals surface area contributed by atoms with Crippen LogP contribution in [0.1, 0.15) is 45.9 Å². The zero-order valence-corrected chi connectivity index (χ0v) is 14.7. The molecule has 1 aromatic rings. The van der Waals surface area contributed by atoms with Crippen molar-refractivity contribution in [1.29, 1.82) is 0 Å². The Bertz CT molecular complexity index is 475. The summed E-state index contributed by atoms with van der Waals surface area (Å²) in [7, 11) is 1.79. The summed E-state index contributed by atoms with van der Waals surface area (Å²) in [5, 5.41) is 3.75. The topological polar surface area (TPSA) is 68.5 Å². The van der Waals surface area contributed by atoms with Crippen LogP contribution in [0.5, 0.6) is 0 Å². The second-order valence-corrected chi connectivity index (χ2v) is 7.09. The van der Waals surface area contributed by atoms with E-state index >= 15 is 0 Å². The number of rotatable bonds is 7. The summed E-state index contributed by atoms with van der Waals surface area (Å²) in [6.07, 6.45) is 5.62. The van der Waals surface area contributed by atoms with Crippen molar-refractivity contribution in [3.63, 3.8) is 0 Å². The van der Waals surface area contributed by atoms with Crippen LogP contribution < -0.4 is 0 Å². The number of carbonyl (C=O) groups excluding carboxylic acids is 1. The summed E-state index contributed by atoms with van der Waals surface area (Å²) in [4.78, 5) is 17.9. The summed E-state index contributed by atoms with van der Waals surface area (Å²) >= 11 is 0. The monoisotopic (exact) mass is 323 g/mol. The molecule has 0 aliphatic heterocycles. The number of hydrogen-bond donors (Lipinski definition) is 0. The zero-order valence-electron chi connectivity index (χ0n) is 14.7. The molecule has 1 aliphatic carbocycles. The quantitative estimate of drug-likeness (QED) is 0.771. The van der Waals surface area contributed by atoms with Crippen LogP contribution in [0.4, 0.5) is 0 Å². The van der Waals surface area contributed by atoms with Crippen molar-refractivity contribution in [2.45, 2.75) is 52.6 Å². The minimum Gasteiger partial charge on any atom is -0.368 e. The molecule has 0 saturated heterocycles. The Morgan fingerprint density at radius 3 is 2.91 bits per heavy atom. The highest BCUT2D eigenvalue weighted by atomic mass is 16.5. The van der Waals surface area contributed by atoms with Crippen molar-refractivity contribution in [1.82, 2.24) is 15.0 Å². The number of hydrogen-bond acceptors (Lipinski definition) is 5. The maximum Gasteiger partial charge on any atom is 0.248 e. The number of ether oxygens (including phenoxy) is 1. The Kier molecular flexibility index (Phi) is 6.57. The van der Waals surface area contributed by atoms with Crippen molar-refractivity contribution in [2.24, 2.45) is 17.8 Å². The molecule has 23 heavy (non-hydrogen) atoms. The molecule has 0 radical (unpaired) electrons. The molecular formula is C17H29N3O3. The summed E-state index contributed by atoms with van der Waals surface area (Å²) in [5.74, 6) is 2.46. The number of amides is 1. The van der Waals surface area contributed by atoms with Gasteiger partial charge in [-0.05, 0) is 30.6 Å². The fourth-order valence-corrected chi connectivity index (χ4v) is 3.29. The minimum absolute atomic E-state index is 0.00854. The van der Waals surface area contributed by atoms with E-state index < -0.39 is 0 Å². The fourth-order valence-electron chi connectivity index (χ4n) is 3.29. The molecule has 0 bridgehead atoms. The lowest BCUT2D eigenvalue weighted by atomic mass is 9.75. The molecule has 130 valence electrons. The Labute approximate surface area is 138 Å². The maximum atomic E-state index is 12.2. The van der Waals surface area contributed by atoms with E-state index in [1.165, 1.54) is 19.2 Å². The summed E-state index contributed by atoms with van der Waals surface area (Å²) in [6.45, 7) is 7.48. The number of carbonyl (C=O) groups is 1. The molecule has 1 heterocycles. The number of aromatic nitrogens is 2. The van der Waals surface area contributed by atoms with Crippen molar-refractivity contribution in [3.8, 4) is 0 Å². The van der Waals surface area contributed by atoms with Crippen LogP contribution in [0.15, 0.2) is 10.9 Å². The van der Waals surface area contributed by atoms with Gasteiger partial charge in [-0.1, -0.05) is 32.3 Å². The lowest BCUT2D eigenvalue weighted by molar-refractivity contribution is -0.140. The highest BCUT2D eigenvalue weighted by Gasteiger charge is 2.31. The first kappa shape index (κ1) is 17.9. The maximum absolute atomic E-state index is 12.2. The molecule has 0 aromatic carbocycles. The Balaban J connectivity index is 1.77. The van der Waals surface area contributed by atoms with Gasteiger partial charge < -0.3 is 14.2 Å². The average molecular weight is 323 g/mol. The van der Waals surface area contributed by atoms with Gasteiger partial charge in [0.15, 0.2) is 5.82 Å². The number of nitrogens with zero attached hydrogens (tertiary/aromatic N) is 3. The van der Waals surface area contributed by atoms with Crippen molar-refractivity contribution >= 4 is 5.91 Å². The van der Waals surface area contributed by atoms with E-state index in [-0.39, 0.29) is 18.6 Å². The molecular weight excluding hydrogens is 294 g/mol. The van der Waals surface area contributed by atoms with Crippen molar-refractivity contribution in [3.05, 3.63) is 12.2 Å². The van der Waals surface area contributed by atoms with Gasteiger partial charge in [0.25, 0.3) is 0 Å². The normalized spacial score (nSPS) is 24.8. The SMILES string of the molecule is CC1CCC(C(C)C)C(OCC(=O)N(C)CCc2ncon2)C1. The molecule has 1 aliphatic rings. The molecule has 6 heteroatoms. The Morgan fingerprint density at radius 1 is 1.48 bits per heavy atom. The first-order valence-corrected chi connectivity index (χ1v) is 8.58. The fraction of sp³-hybridized carbons (Fsp3) is 0.824. The van der Waals surface area contributed by atoms with Gasteiger partial charge in [-0.15, -0.1) is 0 Å². The van der Waals surface area contributed by atoms with Crippen LogP contribution in [0, 0.1) is 17.8 Å². The van der Waals surface area contributed by atoms with Gasteiger partial charge in [-0.3, -0.25) is 4.79 Å². The van der Waals surface area contributed by atoms with E-state index in [2.05, 4.69) is 35.4 Å². The highest BCUT2D eigenvalue weighted by molar-refractivity contribution is 5.77. The Hall–Kier alpha value is -1.43. The molecule has 0 spiro atoms.